The first-order valence-electron chi connectivity index (χ1n) is 16.5. The molecule has 0 aliphatic carbocycles. The summed E-state index contributed by atoms with van der Waals surface area (Å²) in [5, 5.41) is 13.6. The second kappa shape index (κ2) is 14.0. The second-order valence-corrected chi connectivity index (χ2v) is 14.2. The van der Waals surface area contributed by atoms with Crippen LogP contribution in [-0.2, 0) is 28.7 Å². The zero-order chi connectivity index (χ0) is 33.3. The van der Waals surface area contributed by atoms with E-state index in [1.165, 1.54) is 4.90 Å². The van der Waals surface area contributed by atoms with Crippen LogP contribution >= 0.6 is 15.9 Å². The first-order valence-corrected chi connectivity index (χ1v) is 17.2. The Balaban J connectivity index is 1.65. The number of cyclic esters (lactones) is 1. The lowest BCUT2D eigenvalue weighted by molar-refractivity contribution is -0.162. The average molecular weight is 701 g/mol. The van der Waals surface area contributed by atoms with Crippen LogP contribution in [0.15, 0.2) is 53.0 Å². The van der Waals surface area contributed by atoms with Gasteiger partial charge in [-0.2, -0.15) is 0 Å². The molecule has 11 heteroatoms. The van der Waals surface area contributed by atoms with Crippen molar-refractivity contribution in [3.05, 3.63) is 58.6 Å². The zero-order valence-corrected chi connectivity index (χ0v) is 28.8. The van der Waals surface area contributed by atoms with Gasteiger partial charge in [-0.05, 0) is 44.2 Å². The number of benzene rings is 1. The molecule has 250 valence electrons. The van der Waals surface area contributed by atoms with Crippen LogP contribution in [0.1, 0.15) is 72.0 Å². The first kappa shape index (κ1) is 34.3. The number of hydrogen-bond donors (Lipinski definition) is 2. The Kier molecular flexibility index (Phi) is 10.4. The molecule has 4 aliphatic rings. The monoisotopic (exact) mass is 699 g/mol. The van der Waals surface area contributed by atoms with Crippen molar-refractivity contribution in [2.24, 2.45) is 17.8 Å². The molecule has 0 aromatic heterocycles. The van der Waals surface area contributed by atoms with Gasteiger partial charge in [0.05, 0.1) is 24.6 Å². The minimum Gasteiger partial charge on any atom is -0.455 e. The fourth-order valence-corrected chi connectivity index (χ4v) is 8.36. The quantitative estimate of drug-likeness (QED) is 0.325. The van der Waals surface area contributed by atoms with E-state index in [1.807, 2.05) is 63.3 Å². The summed E-state index contributed by atoms with van der Waals surface area (Å²) < 4.78 is 13.4. The summed E-state index contributed by atoms with van der Waals surface area (Å²) in [6.45, 7) is 9.55. The number of carbonyl (C=O) groups is 4. The number of halogens is 1. The van der Waals surface area contributed by atoms with Crippen molar-refractivity contribution < 1.29 is 33.8 Å². The lowest BCUT2D eigenvalue weighted by Crippen LogP contribution is -2.60. The highest BCUT2D eigenvalue weighted by Gasteiger charge is 2.75. The van der Waals surface area contributed by atoms with Crippen LogP contribution in [0.4, 0.5) is 0 Å². The highest BCUT2D eigenvalue weighted by atomic mass is 79.9. The van der Waals surface area contributed by atoms with E-state index < -0.39 is 59.6 Å². The third-order valence-electron chi connectivity index (χ3n) is 9.93. The van der Waals surface area contributed by atoms with Gasteiger partial charge < -0.3 is 29.7 Å². The Bertz CT molecular complexity index is 1380. The van der Waals surface area contributed by atoms with Crippen LogP contribution in [0.25, 0.3) is 0 Å². The Morgan fingerprint density at radius 3 is 2.43 bits per heavy atom. The van der Waals surface area contributed by atoms with E-state index in [4.69, 9.17) is 9.47 Å². The topological polar surface area (TPSA) is 125 Å². The summed E-state index contributed by atoms with van der Waals surface area (Å²) in [6.07, 6.45) is 6.18. The molecule has 46 heavy (non-hydrogen) atoms. The number of likely N-dealkylation sites (tertiary alicyclic amines) is 1. The van der Waals surface area contributed by atoms with Crippen molar-refractivity contribution >= 4 is 39.6 Å². The number of carbonyl (C=O) groups excluding carboxylic acids is 4. The summed E-state index contributed by atoms with van der Waals surface area (Å²) >= 11 is 3.60. The van der Waals surface area contributed by atoms with Crippen molar-refractivity contribution in [1.82, 2.24) is 15.1 Å². The van der Waals surface area contributed by atoms with Crippen LogP contribution < -0.4 is 5.32 Å². The van der Waals surface area contributed by atoms with Crippen molar-refractivity contribution in [1.29, 1.82) is 0 Å². The van der Waals surface area contributed by atoms with Crippen LogP contribution in [0, 0.1) is 17.8 Å². The lowest BCUT2D eigenvalue weighted by atomic mass is 9.74. The van der Waals surface area contributed by atoms with Crippen LogP contribution in [0.2, 0.25) is 0 Å². The van der Waals surface area contributed by atoms with Crippen LogP contribution in [-0.4, -0.2) is 87.6 Å². The number of fused-ring (bicyclic) bond motifs is 2. The standard InChI is InChI=1S/C35H46BrN3O7/c1-6-13-21(4)38-17-12-8-11-16-26(41)37-22(5)29(23-14-9-7-10-15-23)45-34(44)27-28-32(42)39(25(19-40)20(2)3)31(33(38)43)35(28)18-24(36)30(27)46-35/h7-10,12,14-15,18,20-22,25,27-31,40H,6,11,13,16-17,19H2,1-5H3,(H,37,41)/b12-8-/t21?,22-,25+,27+,28-,29+,30+,31+,35-/m1/s1. The fraction of sp³-hybridized carbons (Fsp3) is 0.600. The SMILES string of the molecule is CCCC(C)N1C/C=C\CCC(=O)N[C@H](C)[C@@H](c2ccccc2)OC(=O)[C@@H]2[C@H]3O[C@@]4(C=C3Br)[C@H](C1=O)N([C@@H](CO)C(C)C)C(=O)[C@@H]24. The van der Waals surface area contributed by atoms with Gasteiger partial charge in [-0.25, -0.2) is 0 Å². The molecular weight excluding hydrogens is 654 g/mol. The normalized spacial score (nSPS) is 33.9. The molecule has 1 aromatic carbocycles. The maximum Gasteiger partial charge on any atom is 0.313 e. The number of hydrogen-bond acceptors (Lipinski definition) is 7. The fourth-order valence-electron chi connectivity index (χ4n) is 7.63. The Labute approximate surface area is 279 Å². The van der Waals surface area contributed by atoms with E-state index >= 15 is 0 Å². The summed E-state index contributed by atoms with van der Waals surface area (Å²) in [4.78, 5) is 60.0. The van der Waals surface area contributed by atoms with Gasteiger partial charge in [0.25, 0.3) is 0 Å². The van der Waals surface area contributed by atoms with Gasteiger partial charge in [0.15, 0.2) is 0 Å². The predicted octanol–water partition coefficient (Wildman–Crippen LogP) is 4.03. The number of aliphatic hydroxyl groups is 1. The number of amides is 3. The minimum atomic E-state index is -1.44. The van der Waals surface area contributed by atoms with Gasteiger partial charge in [-0.15, -0.1) is 0 Å². The zero-order valence-electron chi connectivity index (χ0n) is 27.2. The molecule has 4 aliphatic heterocycles. The van der Waals surface area contributed by atoms with E-state index in [0.717, 1.165) is 12.8 Å². The molecule has 9 atom stereocenters. The van der Waals surface area contributed by atoms with Crippen molar-refractivity contribution in [2.75, 3.05) is 13.2 Å². The Hall–Kier alpha value is -3.02. The largest absolute Gasteiger partial charge is 0.455 e. The minimum absolute atomic E-state index is 0.161. The van der Waals surface area contributed by atoms with Crippen molar-refractivity contribution in [3.8, 4) is 0 Å². The number of ether oxygens (including phenoxy) is 2. The Morgan fingerprint density at radius 2 is 1.78 bits per heavy atom. The smallest absolute Gasteiger partial charge is 0.313 e. The van der Waals surface area contributed by atoms with E-state index in [9.17, 15) is 24.3 Å². The average Bonchev–Trinajstić information content (AvgIpc) is 3.61. The van der Waals surface area contributed by atoms with Crippen LogP contribution in [0.5, 0.6) is 0 Å². The van der Waals surface area contributed by atoms with Gasteiger partial charge in [0.2, 0.25) is 17.7 Å². The van der Waals surface area contributed by atoms with Crippen molar-refractivity contribution in [2.45, 2.75) is 102 Å². The van der Waals surface area contributed by atoms with Crippen molar-refractivity contribution in [3.63, 3.8) is 0 Å². The highest BCUT2D eigenvalue weighted by Crippen LogP contribution is 2.59. The molecule has 2 N–H and O–H groups in total. The molecule has 0 radical (unpaired) electrons. The molecular formula is C35H46BrN3O7. The third-order valence-corrected chi connectivity index (χ3v) is 10.6. The molecule has 3 amide bonds. The maximum absolute atomic E-state index is 14.9. The summed E-state index contributed by atoms with van der Waals surface area (Å²) in [5.41, 5.74) is -0.740. The van der Waals surface area contributed by atoms with E-state index in [0.29, 0.717) is 16.5 Å². The number of esters is 1. The maximum atomic E-state index is 14.9. The molecule has 1 aromatic rings. The summed E-state index contributed by atoms with van der Waals surface area (Å²) in [5.74, 6) is -3.82. The molecule has 1 spiro atoms. The molecule has 5 rings (SSSR count). The van der Waals surface area contributed by atoms with Gasteiger partial charge in [-0.1, -0.05) is 85.6 Å². The number of nitrogens with one attached hydrogen (secondary N) is 1. The second-order valence-electron chi connectivity index (χ2n) is 13.3. The molecule has 0 saturated carbocycles. The molecule has 5 bridgehead atoms. The number of nitrogens with zero attached hydrogens (tertiary/aromatic N) is 2. The van der Waals surface area contributed by atoms with Gasteiger partial charge >= 0.3 is 5.97 Å². The number of aliphatic hydroxyl groups excluding tert-OH is 1. The third kappa shape index (κ3) is 6.06. The predicted molar refractivity (Wildman–Crippen MR) is 175 cm³/mol. The lowest BCUT2D eigenvalue weighted by Gasteiger charge is -2.41. The summed E-state index contributed by atoms with van der Waals surface area (Å²) in [7, 11) is 0. The molecule has 2 saturated heterocycles. The van der Waals surface area contributed by atoms with Gasteiger partial charge in [0.1, 0.15) is 29.8 Å². The first-order chi connectivity index (χ1) is 22.0. The molecule has 10 nitrogen and oxygen atoms in total. The van der Waals surface area contributed by atoms with Crippen LogP contribution in [0.3, 0.4) is 0 Å². The van der Waals surface area contributed by atoms with Gasteiger partial charge in [-0.3, -0.25) is 19.2 Å². The molecule has 2 fully saturated rings. The summed E-state index contributed by atoms with van der Waals surface area (Å²) in [6, 6.07) is 6.68. The number of allylic oxidation sites excluding steroid dienone is 1. The van der Waals surface area contributed by atoms with E-state index in [2.05, 4.69) is 28.2 Å². The number of rotatable bonds is 7. The highest BCUT2D eigenvalue weighted by molar-refractivity contribution is 9.11. The molecule has 1 unspecified atom stereocenters. The molecule has 4 heterocycles. The van der Waals surface area contributed by atoms with E-state index in [1.54, 1.807) is 17.9 Å². The Morgan fingerprint density at radius 1 is 1.07 bits per heavy atom. The van der Waals surface area contributed by atoms with Gasteiger partial charge in [0, 0.05) is 23.5 Å². The van der Waals surface area contributed by atoms with E-state index in [-0.39, 0.29) is 43.3 Å².